The third kappa shape index (κ3) is 25.4. The number of aromatic nitrogens is 7. The first kappa shape index (κ1) is 93.0. The number of hydrogen-bond donors (Lipinski definition) is 2. The number of nitrogens with zero attached hydrogens (tertiary/aromatic N) is 6. The molecule has 0 atom stereocenters. The summed E-state index contributed by atoms with van der Waals surface area (Å²) in [6, 6.07) is 92.8. The summed E-state index contributed by atoms with van der Waals surface area (Å²) in [6.45, 7) is 0.102. The minimum atomic E-state index is -0.801. The molecule has 24 nitrogen and oxygen atoms in total. The first-order valence-corrected chi connectivity index (χ1v) is 43.0. The van der Waals surface area contributed by atoms with Gasteiger partial charge in [0.1, 0.15) is 53.3 Å². The summed E-state index contributed by atoms with van der Waals surface area (Å²) in [5, 5.41) is 3.75. The highest BCUT2D eigenvalue weighted by Gasteiger charge is 2.26. The summed E-state index contributed by atoms with van der Waals surface area (Å²) in [6.07, 6.45) is 17.1. The van der Waals surface area contributed by atoms with Gasteiger partial charge in [0.2, 0.25) is 0 Å². The maximum absolute atomic E-state index is 13.0. The molecule has 0 aliphatic carbocycles. The van der Waals surface area contributed by atoms with E-state index in [2.05, 4.69) is 123 Å². The van der Waals surface area contributed by atoms with Gasteiger partial charge in [0.15, 0.2) is 35.6 Å². The van der Waals surface area contributed by atoms with Crippen LogP contribution in [-0.4, -0.2) is 98.5 Å². The predicted molar refractivity (Wildman–Crippen MR) is 512 cm³/mol. The fourth-order valence-electron chi connectivity index (χ4n) is 12.7. The van der Waals surface area contributed by atoms with Crippen LogP contribution in [0.1, 0.15) is 58.4 Å². The monoisotopic (exact) mass is 2000 g/mol. The van der Waals surface area contributed by atoms with E-state index in [1.165, 1.54) is 52.2 Å². The van der Waals surface area contributed by atoms with Crippen LogP contribution in [0.5, 0.6) is 46.0 Å². The Labute approximate surface area is 785 Å². The van der Waals surface area contributed by atoms with Gasteiger partial charge in [0.05, 0.1) is 79.6 Å². The largest absolute Gasteiger partial charge is 0.464 e. The van der Waals surface area contributed by atoms with Crippen LogP contribution in [0.2, 0.25) is 0 Å². The van der Waals surface area contributed by atoms with E-state index in [1.807, 2.05) is 255 Å². The van der Waals surface area contributed by atoms with Crippen LogP contribution >= 0.6 is 63.7 Å². The number of pyridine rings is 5. The number of H-pyrrole nitrogens is 1. The molecule has 7 heterocycles. The van der Waals surface area contributed by atoms with Crippen LogP contribution < -0.4 is 24.3 Å². The molecule has 0 bridgehead atoms. The molecule has 17 rings (SSSR count). The summed E-state index contributed by atoms with van der Waals surface area (Å²) in [7, 11) is 3.82. The van der Waals surface area contributed by atoms with Crippen molar-refractivity contribution in [1.82, 2.24) is 39.8 Å². The number of halogens is 4. The summed E-state index contributed by atoms with van der Waals surface area (Å²) >= 11 is 13.1. The van der Waals surface area contributed by atoms with E-state index in [9.17, 15) is 33.6 Å². The summed E-state index contributed by atoms with van der Waals surface area (Å²) < 4.78 is 52.8. The molecule has 0 spiro atoms. The number of carbonyl (C=O) groups is 7. The number of ether oxygens (including phenoxy) is 9. The van der Waals surface area contributed by atoms with Gasteiger partial charge in [-0.2, -0.15) is 0 Å². The minimum absolute atomic E-state index is 0.0165. The Hall–Kier alpha value is -15.6. The minimum Gasteiger partial charge on any atom is -0.464 e. The predicted octanol–water partition coefficient (Wildman–Crippen LogP) is 25.6. The van der Waals surface area contributed by atoms with E-state index >= 15 is 0 Å². The molecule has 0 aliphatic heterocycles. The van der Waals surface area contributed by atoms with Crippen LogP contribution in [0.25, 0.3) is 72.4 Å². The molecule has 0 unspecified atom stereocenters. The number of methoxy groups -OCH3 is 3. The number of esters is 3. The molecule has 1 amide bonds. The normalized spacial score (nSPS) is 10.6. The average Bonchev–Trinajstić information content (AvgIpc) is 1.62. The van der Waals surface area contributed by atoms with Crippen LogP contribution in [-0.2, 0) is 41.7 Å². The lowest BCUT2D eigenvalue weighted by molar-refractivity contribution is -0.136. The highest BCUT2D eigenvalue weighted by Crippen LogP contribution is 2.38. The second-order valence-electron chi connectivity index (χ2n) is 27.8. The van der Waals surface area contributed by atoms with E-state index in [0.29, 0.717) is 103 Å². The molecule has 0 saturated carbocycles. The lowest BCUT2D eigenvalue weighted by Crippen LogP contribution is -2.28. The van der Waals surface area contributed by atoms with Gasteiger partial charge < -0.3 is 47.6 Å². The Morgan fingerprint density at radius 3 is 1.11 bits per heavy atom. The molecule has 7 aromatic heterocycles. The summed E-state index contributed by atoms with van der Waals surface area (Å²) in [5.41, 5.74) is 13.3. The number of aldehydes is 2. The van der Waals surface area contributed by atoms with Crippen LogP contribution in [0.4, 0.5) is 9.59 Å². The zero-order valence-electron chi connectivity index (χ0n) is 69.9. The molecule has 652 valence electrons. The Balaban J connectivity index is 0.000000146. The van der Waals surface area contributed by atoms with E-state index in [0.717, 1.165) is 78.2 Å². The third-order valence-corrected chi connectivity index (χ3v) is 21.7. The molecule has 17 aromatic rings. The molecular formula is C103H76Br4N8O16. The molecule has 0 aliphatic rings. The fraction of sp³-hybridized carbons (Fsp3) is 0.0485. The molecule has 28 heteroatoms. The number of alkyl carbamates (subject to hydrolysis) is 1. The number of carbonyl (C=O) groups excluding carboxylic acids is 7. The lowest BCUT2D eigenvalue weighted by Gasteiger charge is -2.13. The second-order valence-corrected chi connectivity index (χ2v) is 31.2. The Morgan fingerprint density at radius 1 is 0.359 bits per heavy atom. The van der Waals surface area contributed by atoms with Gasteiger partial charge in [0, 0.05) is 60.1 Å². The quantitative estimate of drug-likeness (QED) is 0.0260. The number of aromatic amines is 1. The number of fused-ring (bicyclic) bond motifs is 2. The molecule has 0 fully saturated rings. The lowest BCUT2D eigenvalue weighted by atomic mass is 10.1. The van der Waals surface area contributed by atoms with E-state index in [1.54, 1.807) is 49.3 Å². The smallest absolute Gasteiger partial charge is 0.419 e. The molecule has 131 heavy (non-hydrogen) atoms. The zero-order chi connectivity index (χ0) is 91.8. The first-order chi connectivity index (χ1) is 63.9. The summed E-state index contributed by atoms with van der Waals surface area (Å²) in [4.78, 5) is 107. The van der Waals surface area contributed by atoms with Crippen molar-refractivity contribution in [1.29, 1.82) is 0 Å². The molecule has 10 aromatic carbocycles. The topological polar surface area (TPSA) is 300 Å². The van der Waals surface area contributed by atoms with Gasteiger partial charge in [-0.15, -0.1) is 0 Å². The SMILES string of the molecule is COC(=O)/C(=C/c1c(Br)cncc1Oc1ccc(-c2ccccc2)cc1)NC(=O)OCc1ccccc1.COC(=O)c1cc2c(Oc3ccc(-c4ccccc4)cc3)cncc2[nH]1.COC(=O)c1cc2c(Oc3ccc(-c4ccccc4)cc3)cncc2n1C(=O)OCc1ccccc1.O=Cc1c(Br)cncc1Br.O=Cc1c(Br)cncc1Oc1ccc(-c2ccccc2)cc1. The number of amides is 1. The third-order valence-electron chi connectivity index (χ3n) is 19.2. The molecule has 0 saturated heterocycles. The highest BCUT2D eigenvalue weighted by atomic mass is 79.9. The second kappa shape index (κ2) is 46.7. The van der Waals surface area contributed by atoms with Gasteiger partial charge in [-0.1, -0.05) is 231 Å². The van der Waals surface area contributed by atoms with Crippen molar-refractivity contribution < 1.29 is 76.2 Å². The van der Waals surface area contributed by atoms with Gasteiger partial charge in [-0.25, -0.2) is 28.5 Å². The maximum Gasteiger partial charge on any atom is 0.419 e. The van der Waals surface area contributed by atoms with E-state index in [-0.39, 0.29) is 24.6 Å². The van der Waals surface area contributed by atoms with E-state index in [4.69, 9.17) is 42.6 Å². The highest BCUT2D eigenvalue weighted by molar-refractivity contribution is 9.11. The van der Waals surface area contributed by atoms with Crippen molar-refractivity contribution in [2.24, 2.45) is 0 Å². The molecule has 2 N–H and O–H groups in total. The van der Waals surface area contributed by atoms with Crippen LogP contribution in [0.15, 0.2) is 377 Å². The Bertz CT molecular complexity index is 6790. The van der Waals surface area contributed by atoms with Gasteiger partial charge in [-0.3, -0.25) is 39.8 Å². The van der Waals surface area contributed by atoms with Crippen molar-refractivity contribution in [3.63, 3.8) is 0 Å². The van der Waals surface area contributed by atoms with Crippen molar-refractivity contribution >= 4 is 134 Å². The van der Waals surface area contributed by atoms with Crippen molar-refractivity contribution in [2.75, 3.05) is 21.3 Å². The Kier molecular flexibility index (Phi) is 33.2. The van der Waals surface area contributed by atoms with Crippen molar-refractivity contribution in [2.45, 2.75) is 13.2 Å². The van der Waals surface area contributed by atoms with Crippen LogP contribution in [0.3, 0.4) is 0 Å². The zero-order valence-corrected chi connectivity index (χ0v) is 76.2. The standard InChI is InChI=1S/C29H23BrN2O5.C29H22N2O5.C21H16N2O3.C18H12BrNO2.C6H3Br2NO/c1-35-28(33)26(32-29(34)36-19-20-8-4-2-5-9-20)16-24-25(30)17-31-18-27(24)37-23-14-12-22(13-15-23)21-10-6-3-7-11-21;1-34-28(32)25-16-24-26(31(25)29(33)35-19-20-8-4-2-5-9-20)17-30-18-27(24)36-23-14-12-22(13-15-23)21-10-6-3-7-11-21;1-25-21(24)18-11-17-19(23-18)12-22-13-20(17)26-16-9-7-15(8-10-16)14-5-3-2-4-6-14;19-17-10-20-11-18(16(17)12-21)22-15-8-6-14(7-9-15)13-4-2-1-3-5-13;7-5-1-9-2-6(8)4(5)3-10/h2-18H,19H2,1H3,(H,32,34);2-18H,19H2,1H3;2-13,23H,1H3;1-12H;1-3H/b26-16-;;;;. The van der Waals surface area contributed by atoms with Crippen molar-refractivity contribution in [3.8, 4) is 90.5 Å². The maximum atomic E-state index is 13.0. The van der Waals surface area contributed by atoms with E-state index < -0.39 is 30.1 Å². The van der Waals surface area contributed by atoms with Gasteiger partial charge >= 0.3 is 30.1 Å². The van der Waals surface area contributed by atoms with Gasteiger partial charge in [-0.05, 0) is 186 Å². The molecule has 0 radical (unpaired) electrons. The Morgan fingerprint density at radius 2 is 0.702 bits per heavy atom. The van der Waals surface area contributed by atoms with Gasteiger partial charge in [0.25, 0.3) is 0 Å². The number of nitrogens with one attached hydrogen (secondary N) is 2. The summed E-state index contributed by atoms with van der Waals surface area (Å²) in [5.74, 6) is 2.40. The average molecular weight is 2000 g/mol. The first-order valence-electron chi connectivity index (χ1n) is 39.9. The number of rotatable bonds is 23. The molecular weight excluding hydrogens is 1920 g/mol. The fourth-order valence-corrected chi connectivity index (χ4v) is 14.7. The number of benzene rings is 10. The number of hydrogen-bond acceptors (Lipinski definition) is 21. The van der Waals surface area contributed by atoms with Crippen LogP contribution in [0, 0.1) is 0 Å². The van der Waals surface area contributed by atoms with Crippen molar-refractivity contribution in [3.05, 3.63) is 416 Å².